The molecule has 0 unspecified atom stereocenters. The Kier molecular flexibility index (Phi) is 5.51. The first-order chi connectivity index (χ1) is 15.7. The standard InChI is InChI=1S/C31H26S/c1-4-23-10-5-6-11-24(23)12-9-13-26-17-19-31(32-26)25-16-18-29-21(2)27-14-7-8-15-28(27)22(3)30(29)20-25/h4-12,14-20H,1,13H2,2-3H3/b12-9-. The summed E-state index contributed by atoms with van der Waals surface area (Å²) in [6, 6.07) is 28.6. The van der Waals surface area contributed by atoms with Crippen LogP contribution in [0.5, 0.6) is 0 Å². The highest BCUT2D eigenvalue weighted by atomic mass is 32.1. The third-order valence-electron chi connectivity index (χ3n) is 6.34. The molecular weight excluding hydrogens is 404 g/mol. The lowest BCUT2D eigenvalue weighted by Gasteiger charge is -2.13. The van der Waals surface area contributed by atoms with Crippen LogP contribution in [0.3, 0.4) is 0 Å². The van der Waals surface area contributed by atoms with Crippen LogP contribution in [0.2, 0.25) is 0 Å². The molecule has 0 aliphatic carbocycles. The Labute approximate surface area is 194 Å². The molecule has 5 rings (SSSR count). The number of thiophene rings is 1. The summed E-state index contributed by atoms with van der Waals surface area (Å²) in [6.07, 6.45) is 7.30. The lowest BCUT2D eigenvalue weighted by atomic mass is 9.92. The topological polar surface area (TPSA) is 0 Å². The van der Waals surface area contributed by atoms with Gasteiger partial charge < -0.3 is 0 Å². The highest BCUT2D eigenvalue weighted by molar-refractivity contribution is 7.15. The Balaban J connectivity index is 1.45. The van der Waals surface area contributed by atoms with Gasteiger partial charge in [-0.15, -0.1) is 11.3 Å². The lowest BCUT2D eigenvalue weighted by Crippen LogP contribution is -1.88. The van der Waals surface area contributed by atoms with E-state index in [1.807, 2.05) is 17.4 Å². The second-order valence-electron chi connectivity index (χ2n) is 8.26. The maximum atomic E-state index is 3.91. The maximum absolute atomic E-state index is 3.91. The molecule has 4 aromatic carbocycles. The highest BCUT2D eigenvalue weighted by Gasteiger charge is 2.10. The van der Waals surface area contributed by atoms with Gasteiger partial charge in [0.25, 0.3) is 0 Å². The molecular formula is C31H26S. The molecule has 0 fully saturated rings. The molecule has 0 atom stereocenters. The molecule has 0 nitrogen and oxygen atoms in total. The van der Waals surface area contributed by atoms with Gasteiger partial charge in [-0.25, -0.2) is 0 Å². The van der Waals surface area contributed by atoms with Gasteiger partial charge in [0.15, 0.2) is 0 Å². The summed E-state index contributed by atoms with van der Waals surface area (Å²) in [6.45, 7) is 8.40. The van der Waals surface area contributed by atoms with Gasteiger partial charge in [-0.1, -0.05) is 85.5 Å². The van der Waals surface area contributed by atoms with E-state index in [1.165, 1.54) is 59.1 Å². The smallest absolute Gasteiger partial charge is 0.0345 e. The van der Waals surface area contributed by atoms with Gasteiger partial charge in [-0.3, -0.25) is 0 Å². The molecule has 0 saturated carbocycles. The second kappa shape index (κ2) is 8.61. The Bertz CT molecular complexity index is 1480. The number of benzene rings is 4. The molecule has 0 amide bonds. The quantitative estimate of drug-likeness (QED) is 0.244. The van der Waals surface area contributed by atoms with E-state index in [2.05, 4.69) is 111 Å². The predicted octanol–water partition coefficient (Wildman–Crippen LogP) is 9.24. The van der Waals surface area contributed by atoms with Gasteiger partial charge in [0.05, 0.1) is 0 Å². The number of fused-ring (bicyclic) bond motifs is 2. The zero-order valence-corrected chi connectivity index (χ0v) is 19.4. The Morgan fingerprint density at radius 2 is 1.38 bits per heavy atom. The minimum absolute atomic E-state index is 0.937. The van der Waals surface area contributed by atoms with Crippen molar-refractivity contribution in [3.63, 3.8) is 0 Å². The number of allylic oxidation sites excluding steroid dienone is 1. The van der Waals surface area contributed by atoms with Gasteiger partial charge in [0, 0.05) is 16.2 Å². The molecule has 0 saturated heterocycles. The van der Waals surface area contributed by atoms with Crippen LogP contribution in [-0.2, 0) is 6.42 Å². The van der Waals surface area contributed by atoms with Crippen molar-refractivity contribution in [3.05, 3.63) is 119 Å². The maximum Gasteiger partial charge on any atom is 0.0345 e. The first kappa shape index (κ1) is 20.5. The van der Waals surface area contributed by atoms with Gasteiger partial charge in [0.1, 0.15) is 0 Å². The van der Waals surface area contributed by atoms with Crippen molar-refractivity contribution in [1.82, 2.24) is 0 Å². The molecule has 32 heavy (non-hydrogen) atoms. The second-order valence-corrected chi connectivity index (χ2v) is 9.43. The van der Waals surface area contributed by atoms with E-state index in [4.69, 9.17) is 0 Å². The van der Waals surface area contributed by atoms with Crippen LogP contribution in [0, 0.1) is 13.8 Å². The van der Waals surface area contributed by atoms with Crippen LogP contribution >= 0.6 is 11.3 Å². The normalized spacial score (nSPS) is 11.6. The Morgan fingerprint density at radius 3 is 2.12 bits per heavy atom. The van der Waals surface area contributed by atoms with E-state index in [0.29, 0.717) is 0 Å². The van der Waals surface area contributed by atoms with E-state index in [9.17, 15) is 0 Å². The fraction of sp³-hybridized carbons (Fsp3) is 0.0968. The van der Waals surface area contributed by atoms with Crippen molar-refractivity contribution in [1.29, 1.82) is 0 Å². The third kappa shape index (κ3) is 3.70. The van der Waals surface area contributed by atoms with E-state index >= 15 is 0 Å². The van der Waals surface area contributed by atoms with Crippen LogP contribution in [0.25, 0.3) is 44.1 Å². The zero-order valence-electron chi connectivity index (χ0n) is 18.6. The minimum atomic E-state index is 0.937. The summed E-state index contributed by atoms with van der Waals surface area (Å²) in [4.78, 5) is 2.70. The average molecular weight is 431 g/mol. The van der Waals surface area contributed by atoms with Gasteiger partial charge in [-0.2, -0.15) is 0 Å². The van der Waals surface area contributed by atoms with E-state index < -0.39 is 0 Å². The van der Waals surface area contributed by atoms with Crippen molar-refractivity contribution in [2.24, 2.45) is 0 Å². The highest BCUT2D eigenvalue weighted by Crippen LogP contribution is 2.36. The number of hydrogen-bond donors (Lipinski definition) is 0. The molecule has 0 radical (unpaired) electrons. The van der Waals surface area contributed by atoms with Crippen molar-refractivity contribution >= 4 is 45.0 Å². The van der Waals surface area contributed by atoms with Crippen LogP contribution < -0.4 is 0 Å². The summed E-state index contributed by atoms with van der Waals surface area (Å²) in [5, 5.41) is 5.42. The van der Waals surface area contributed by atoms with Crippen molar-refractivity contribution < 1.29 is 0 Å². The van der Waals surface area contributed by atoms with Crippen LogP contribution in [0.4, 0.5) is 0 Å². The van der Waals surface area contributed by atoms with Crippen LogP contribution in [0.15, 0.2) is 91.5 Å². The van der Waals surface area contributed by atoms with Crippen molar-refractivity contribution in [2.45, 2.75) is 20.3 Å². The fourth-order valence-electron chi connectivity index (χ4n) is 4.56. The van der Waals surface area contributed by atoms with Crippen LogP contribution in [0.1, 0.15) is 27.1 Å². The minimum Gasteiger partial charge on any atom is -0.140 e. The molecule has 1 aromatic heterocycles. The predicted molar refractivity (Wildman–Crippen MR) is 144 cm³/mol. The molecule has 5 aromatic rings. The molecule has 0 aliphatic heterocycles. The SMILES string of the molecule is C=Cc1ccccc1/C=C\Cc1ccc(-c2ccc3c(C)c4ccccc4c(C)c3c2)s1. The number of aryl methyl sites for hydroxylation is 2. The molecule has 1 heterocycles. The van der Waals surface area contributed by atoms with Gasteiger partial charge in [-0.05, 0) is 81.4 Å². The summed E-state index contributed by atoms with van der Waals surface area (Å²) < 4.78 is 0. The summed E-state index contributed by atoms with van der Waals surface area (Å²) in [5.74, 6) is 0. The van der Waals surface area contributed by atoms with Crippen molar-refractivity contribution in [3.8, 4) is 10.4 Å². The molecule has 0 N–H and O–H groups in total. The Hall–Kier alpha value is -3.42. The monoisotopic (exact) mass is 430 g/mol. The molecule has 0 bridgehead atoms. The first-order valence-electron chi connectivity index (χ1n) is 11.0. The summed E-state index contributed by atoms with van der Waals surface area (Å²) in [7, 11) is 0. The zero-order chi connectivity index (χ0) is 22.1. The lowest BCUT2D eigenvalue weighted by molar-refractivity contribution is 1.35. The summed E-state index contributed by atoms with van der Waals surface area (Å²) in [5.41, 5.74) is 6.41. The number of hydrogen-bond acceptors (Lipinski definition) is 1. The first-order valence-corrected chi connectivity index (χ1v) is 11.9. The largest absolute Gasteiger partial charge is 0.140 e. The fourth-order valence-corrected chi connectivity index (χ4v) is 5.53. The van der Waals surface area contributed by atoms with Crippen molar-refractivity contribution in [2.75, 3.05) is 0 Å². The van der Waals surface area contributed by atoms with E-state index in [-0.39, 0.29) is 0 Å². The van der Waals surface area contributed by atoms with Crippen LogP contribution in [-0.4, -0.2) is 0 Å². The molecule has 156 valence electrons. The van der Waals surface area contributed by atoms with Gasteiger partial charge in [0.2, 0.25) is 0 Å². The summed E-state index contributed by atoms with van der Waals surface area (Å²) >= 11 is 1.88. The van der Waals surface area contributed by atoms with E-state index in [1.54, 1.807) is 0 Å². The van der Waals surface area contributed by atoms with Gasteiger partial charge >= 0.3 is 0 Å². The van der Waals surface area contributed by atoms with E-state index in [0.717, 1.165) is 6.42 Å². The number of rotatable bonds is 5. The molecule has 0 aliphatic rings. The molecule has 1 heteroatoms. The average Bonchev–Trinajstić information content (AvgIpc) is 3.31. The molecule has 0 spiro atoms. The Morgan fingerprint density at radius 1 is 0.719 bits per heavy atom. The third-order valence-corrected chi connectivity index (χ3v) is 7.50.